The Labute approximate surface area is 126 Å². The quantitative estimate of drug-likeness (QED) is 0.740. The molecule has 8 heteroatoms. The summed E-state index contributed by atoms with van der Waals surface area (Å²) in [7, 11) is -3.57. The highest BCUT2D eigenvalue weighted by Crippen LogP contribution is 2.20. The van der Waals surface area contributed by atoms with Gasteiger partial charge in [0, 0.05) is 12.3 Å². The molecule has 1 aromatic rings. The van der Waals surface area contributed by atoms with Gasteiger partial charge in [-0.2, -0.15) is 0 Å². The third-order valence-corrected chi connectivity index (χ3v) is 5.90. The molecule has 1 N–H and O–H groups in total. The topological polar surface area (TPSA) is 89.5 Å². The second-order valence-electron chi connectivity index (χ2n) is 4.86. The van der Waals surface area contributed by atoms with Gasteiger partial charge in [-0.25, -0.2) is 16.8 Å². The van der Waals surface area contributed by atoms with Crippen molar-refractivity contribution in [2.24, 2.45) is 0 Å². The fraction of sp³-hybridized carbons (Fsp3) is 0.538. The molecule has 0 amide bonds. The van der Waals surface area contributed by atoms with E-state index < -0.39 is 25.7 Å². The molecule has 0 saturated heterocycles. The van der Waals surface area contributed by atoms with Crippen molar-refractivity contribution in [1.29, 1.82) is 0 Å². The van der Waals surface area contributed by atoms with E-state index in [1.54, 1.807) is 31.3 Å². The zero-order valence-electron chi connectivity index (χ0n) is 12.4. The lowest BCUT2D eigenvalue weighted by atomic mass is 10.1. The fourth-order valence-corrected chi connectivity index (χ4v) is 5.08. The van der Waals surface area contributed by atoms with E-state index in [1.165, 1.54) is 7.11 Å². The van der Waals surface area contributed by atoms with Crippen molar-refractivity contribution in [1.82, 2.24) is 5.32 Å². The van der Waals surface area contributed by atoms with Crippen LogP contribution in [0.15, 0.2) is 24.3 Å². The number of nitrogens with one attached hydrogen (secondary N) is 1. The maximum atomic E-state index is 12.0. The van der Waals surface area contributed by atoms with Gasteiger partial charge in [0.15, 0.2) is 9.84 Å². The van der Waals surface area contributed by atoms with Crippen LogP contribution in [0.1, 0.15) is 11.6 Å². The molecule has 0 spiro atoms. The molecular weight excluding hydrogens is 314 g/mol. The lowest BCUT2D eigenvalue weighted by molar-refractivity contribution is 0.413. The Kier molecular flexibility index (Phi) is 6.18. The van der Waals surface area contributed by atoms with E-state index in [-0.39, 0.29) is 17.3 Å². The Morgan fingerprint density at radius 1 is 1.19 bits per heavy atom. The summed E-state index contributed by atoms with van der Waals surface area (Å²) in [6.45, 7) is 0. The summed E-state index contributed by atoms with van der Waals surface area (Å²) in [6.07, 6.45) is 1.03. The zero-order valence-corrected chi connectivity index (χ0v) is 14.0. The molecule has 120 valence electrons. The van der Waals surface area contributed by atoms with Crippen molar-refractivity contribution in [3.8, 4) is 5.75 Å². The number of ether oxygens (including phenoxy) is 1. The van der Waals surface area contributed by atoms with Gasteiger partial charge >= 0.3 is 0 Å². The number of benzene rings is 1. The highest BCUT2D eigenvalue weighted by molar-refractivity contribution is 7.94. The summed E-state index contributed by atoms with van der Waals surface area (Å²) in [5.41, 5.74) is 0.778. The standard InChI is InChI=1S/C13H21NO5S2/c1-14-13(11-5-4-6-12(9-11)19-2)10-21(17,18)8-7-20(3,15)16/h4-6,9,13-14H,7-8,10H2,1-3H3. The van der Waals surface area contributed by atoms with Crippen molar-refractivity contribution in [3.05, 3.63) is 29.8 Å². The average molecular weight is 335 g/mol. The Bertz CT molecular complexity index is 668. The number of hydrogen-bond donors (Lipinski definition) is 1. The van der Waals surface area contributed by atoms with Crippen molar-refractivity contribution in [2.45, 2.75) is 6.04 Å². The van der Waals surface area contributed by atoms with Gasteiger partial charge in [-0.1, -0.05) is 12.1 Å². The molecule has 1 rings (SSSR count). The predicted octanol–water partition coefficient (Wildman–Crippen LogP) is 0.415. The highest BCUT2D eigenvalue weighted by atomic mass is 32.2. The zero-order chi connectivity index (χ0) is 16.1. The maximum Gasteiger partial charge on any atom is 0.153 e. The van der Waals surface area contributed by atoms with Crippen LogP contribution in [0.25, 0.3) is 0 Å². The van der Waals surface area contributed by atoms with Crippen LogP contribution in [-0.2, 0) is 19.7 Å². The van der Waals surface area contributed by atoms with E-state index >= 15 is 0 Å². The van der Waals surface area contributed by atoms with Crippen LogP contribution in [-0.4, -0.2) is 54.5 Å². The summed E-state index contributed by atoms with van der Waals surface area (Å²) >= 11 is 0. The number of hydrogen-bond acceptors (Lipinski definition) is 6. The largest absolute Gasteiger partial charge is 0.497 e. The first-order valence-electron chi connectivity index (χ1n) is 6.36. The van der Waals surface area contributed by atoms with Crippen LogP contribution in [0.4, 0.5) is 0 Å². The van der Waals surface area contributed by atoms with Crippen LogP contribution < -0.4 is 10.1 Å². The van der Waals surface area contributed by atoms with Gasteiger partial charge in [-0.15, -0.1) is 0 Å². The van der Waals surface area contributed by atoms with Crippen LogP contribution >= 0.6 is 0 Å². The first-order valence-corrected chi connectivity index (χ1v) is 10.2. The van der Waals surface area contributed by atoms with E-state index in [1.807, 2.05) is 0 Å². The lowest BCUT2D eigenvalue weighted by Crippen LogP contribution is -2.28. The number of sulfone groups is 2. The summed E-state index contributed by atoms with van der Waals surface area (Å²) < 4.78 is 51.4. The third-order valence-electron chi connectivity index (χ3n) is 3.03. The molecule has 0 aliphatic carbocycles. The van der Waals surface area contributed by atoms with Gasteiger partial charge in [0.05, 0.1) is 24.4 Å². The first kappa shape index (κ1) is 17.9. The van der Waals surface area contributed by atoms with Gasteiger partial charge in [-0.05, 0) is 24.7 Å². The van der Waals surface area contributed by atoms with E-state index in [0.717, 1.165) is 11.8 Å². The minimum absolute atomic E-state index is 0.161. The van der Waals surface area contributed by atoms with Gasteiger partial charge < -0.3 is 10.1 Å². The van der Waals surface area contributed by atoms with Gasteiger partial charge in [-0.3, -0.25) is 0 Å². The molecule has 0 saturated carbocycles. The molecule has 0 fully saturated rings. The number of rotatable bonds is 8. The van der Waals surface area contributed by atoms with Gasteiger partial charge in [0.2, 0.25) is 0 Å². The summed E-state index contributed by atoms with van der Waals surface area (Å²) in [5, 5.41) is 2.94. The summed E-state index contributed by atoms with van der Waals surface area (Å²) in [5.74, 6) is -0.245. The molecule has 1 aromatic carbocycles. The summed E-state index contributed by atoms with van der Waals surface area (Å²) in [6, 6.07) is 6.70. The number of methoxy groups -OCH3 is 1. The Morgan fingerprint density at radius 2 is 1.86 bits per heavy atom. The SMILES string of the molecule is CNC(CS(=O)(=O)CCS(C)(=O)=O)c1cccc(OC)c1. The van der Waals surface area contributed by atoms with Crippen molar-refractivity contribution < 1.29 is 21.6 Å². The molecule has 0 aliphatic heterocycles. The van der Waals surface area contributed by atoms with Crippen molar-refractivity contribution in [3.63, 3.8) is 0 Å². The smallest absolute Gasteiger partial charge is 0.153 e. The molecule has 0 bridgehead atoms. The first-order chi connectivity index (χ1) is 9.67. The van der Waals surface area contributed by atoms with Crippen LogP contribution in [0.2, 0.25) is 0 Å². The monoisotopic (exact) mass is 335 g/mol. The van der Waals surface area contributed by atoms with Crippen LogP contribution in [0, 0.1) is 0 Å². The normalized spacial score (nSPS) is 13.9. The average Bonchev–Trinajstić information content (AvgIpc) is 2.42. The maximum absolute atomic E-state index is 12.0. The second-order valence-corrected chi connectivity index (χ2v) is 9.35. The molecule has 21 heavy (non-hydrogen) atoms. The molecule has 1 atom stereocenters. The third kappa shape index (κ3) is 6.45. The summed E-state index contributed by atoms with van der Waals surface area (Å²) in [4.78, 5) is 0. The molecule has 0 aromatic heterocycles. The van der Waals surface area contributed by atoms with Crippen molar-refractivity contribution in [2.75, 3.05) is 37.7 Å². The minimum atomic E-state index is -3.48. The second kappa shape index (κ2) is 7.24. The molecular formula is C13H21NO5S2. The lowest BCUT2D eigenvalue weighted by Gasteiger charge is -2.17. The van der Waals surface area contributed by atoms with Gasteiger partial charge in [0.1, 0.15) is 15.6 Å². The van der Waals surface area contributed by atoms with Gasteiger partial charge in [0.25, 0.3) is 0 Å². The Balaban J connectivity index is 2.86. The molecule has 0 heterocycles. The fourth-order valence-electron chi connectivity index (χ4n) is 1.82. The van der Waals surface area contributed by atoms with E-state index in [2.05, 4.69) is 5.32 Å². The minimum Gasteiger partial charge on any atom is -0.497 e. The predicted molar refractivity (Wildman–Crippen MR) is 83.2 cm³/mol. The van der Waals surface area contributed by atoms with E-state index in [4.69, 9.17) is 4.74 Å². The Morgan fingerprint density at radius 3 is 2.38 bits per heavy atom. The molecule has 0 radical (unpaired) electrons. The molecule has 0 aliphatic rings. The molecule has 1 unspecified atom stereocenters. The van der Waals surface area contributed by atoms with Crippen LogP contribution in [0.5, 0.6) is 5.75 Å². The molecule has 6 nitrogen and oxygen atoms in total. The highest BCUT2D eigenvalue weighted by Gasteiger charge is 2.21. The van der Waals surface area contributed by atoms with Crippen molar-refractivity contribution >= 4 is 19.7 Å². The van der Waals surface area contributed by atoms with Crippen LogP contribution in [0.3, 0.4) is 0 Å². The van der Waals surface area contributed by atoms with E-state index in [0.29, 0.717) is 5.75 Å². The Hall–Kier alpha value is -1.12. The van der Waals surface area contributed by atoms with E-state index in [9.17, 15) is 16.8 Å².